The highest BCUT2D eigenvalue weighted by atomic mass is 31.2. The fourth-order valence-corrected chi connectivity index (χ4v) is 16.0. The summed E-state index contributed by atoms with van der Waals surface area (Å²) >= 11 is 0. The van der Waals surface area contributed by atoms with Crippen LogP contribution in [0.5, 0.6) is 5.75 Å². The van der Waals surface area contributed by atoms with Gasteiger partial charge in [-0.25, -0.2) is 4.67 Å². The highest BCUT2D eigenvalue weighted by Gasteiger charge is 2.57. The van der Waals surface area contributed by atoms with Gasteiger partial charge >= 0.3 is 0 Å². The van der Waals surface area contributed by atoms with Crippen LogP contribution in [0.2, 0.25) is 18.1 Å². The van der Waals surface area contributed by atoms with E-state index in [2.05, 4.69) is 87.9 Å². The van der Waals surface area contributed by atoms with Gasteiger partial charge in [0.05, 0.1) is 12.7 Å². The Morgan fingerprint density at radius 1 is 0.778 bits per heavy atom. The number of nitrogens with zero attached hydrogens (tertiary/aromatic N) is 1. The average Bonchev–Trinajstić information content (AvgIpc) is 3.62. The number of hydrogen-bond acceptors (Lipinski definition) is 6. The Morgan fingerprint density at radius 2 is 1.44 bits per heavy atom. The summed E-state index contributed by atoms with van der Waals surface area (Å²) in [6.45, 7) is 17.7. The van der Waals surface area contributed by atoms with E-state index in [4.69, 9.17) is 23.4 Å². The molecule has 3 aliphatic carbocycles. The zero-order valence-corrected chi connectivity index (χ0v) is 41.6. The van der Waals surface area contributed by atoms with Gasteiger partial charge in [-0.2, -0.15) is 0 Å². The van der Waals surface area contributed by atoms with E-state index in [1.807, 2.05) is 36.4 Å². The SMILES string of the molecule is CC(C)(C)[Si](C)(C)OCCN(CCCCCC[C@@H]1Cc2cc(OC3CCCCO3)ccc2[C@H]2CC[C@]3(C)[C@@H](OC4CCCCO4)CC[C@H]3[C@H]12)P(=O)(c1ccccc1)c1ccccc1. The summed E-state index contributed by atoms with van der Waals surface area (Å²) in [5, 5.41) is 1.93. The first-order valence-electron chi connectivity index (χ1n) is 25.2. The van der Waals surface area contributed by atoms with E-state index in [1.54, 1.807) is 5.56 Å². The lowest BCUT2D eigenvalue weighted by molar-refractivity contribution is -0.213. The maximum atomic E-state index is 15.7. The highest BCUT2D eigenvalue weighted by molar-refractivity contribution is 7.76. The maximum Gasteiger partial charge on any atom is 0.207 e. The van der Waals surface area contributed by atoms with E-state index in [9.17, 15) is 0 Å². The second-order valence-electron chi connectivity index (χ2n) is 21.6. The monoisotopic (exact) mass is 898 g/mol. The van der Waals surface area contributed by atoms with Gasteiger partial charge in [-0.1, -0.05) is 89.4 Å². The third-order valence-corrected chi connectivity index (χ3v) is 24.3. The van der Waals surface area contributed by atoms with Gasteiger partial charge in [0.25, 0.3) is 0 Å². The molecule has 3 aromatic carbocycles. The van der Waals surface area contributed by atoms with Crippen molar-refractivity contribution in [2.24, 2.45) is 23.2 Å². The van der Waals surface area contributed by atoms with Gasteiger partial charge in [-0.05, 0) is 172 Å². The third-order valence-electron chi connectivity index (χ3n) is 16.6. The molecule has 8 rings (SSSR count). The summed E-state index contributed by atoms with van der Waals surface area (Å²) in [7, 11) is -5.07. The number of ether oxygens (including phenoxy) is 4. The van der Waals surface area contributed by atoms with Crippen LogP contribution in [0.4, 0.5) is 0 Å². The molecule has 0 aromatic heterocycles. The number of rotatable bonds is 18. The van der Waals surface area contributed by atoms with Gasteiger partial charge < -0.3 is 23.4 Å². The normalized spacial score (nSPS) is 28.9. The highest BCUT2D eigenvalue weighted by Crippen LogP contribution is 2.63. The van der Waals surface area contributed by atoms with Crippen molar-refractivity contribution >= 4 is 26.2 Å². The maximum absolute atomic E-state index is 15.7. The van der Waals surface area contributed by atoms with E-state index in [0.29, 0.717) is 36.8 Å². The Hall–Kier alpha value is -2.29. The van der Waals surface area contributed by atoms with Gasteiger partial charge in [0.1, 0.15) is 5.75 Å². The molecule has 5 aliphatic rings. The molecule has 346 valence electrons. The summed E-state index contributed by atoms with van der Waals surface area (Å²) in [6.07, 6.45) is 18.6. The second-order valence-corrected chi connectivity index (χ2v) is 29.1. The third kappa shape index (κ3) is 10.6. The second kappa shape index (κ2) is 20.7. The Morgan fingerprint density at radius 3 is 2.10 bits per heavy atom. The minimum atomic E-state index is -3.10. The van der Waals surface area contributed by atoms with Crippen LogP contribution >= 0.6 is 7.29 Å². The summed E-state index contributed by atoms with van der Waals surface area (Å²) in [5.74, 6) is 3.54. The number of hydrogen-bond donors (Lipinski definition) is 0. The van der Waals surface area contributed by atoms with E-state index in [0.717, 1.165) is 87.5 Å². The predicted molar refractivity (Wildman–Crippen MR) is 260 cm³/mol. The van der Waals surface area contributed by atoms with Gasteiger partial charge in [-0.15, -0.1) is 0 Å². The standard InChI is InChI=1S/C54H80NO6PSi/c1-53(2,3)63(5,6)59-38-35-55(62(56,44-22-12-9-13-23-44)45-24-14-10-15-25-45)34-18-8-7-11-21-41-39-42-40-43(60-50-26-16-19-36-57-50)28-29-46(42)47-32-33-54(4)48(52(41)47)30-31-49(54)61-51-27-17-20-37-58-51/h9-10,12-15,22-25,28-29,40-41,47-52H,7-8,11,16-21,26-27,30-39H2,1-6H3/t41-,47-,48+,49+,50?,51?,52-,54+/m1/s1. The van der Waals surface area contributed by atoms with Gasteiger partial charge in [0, 0.05) is 43.3 Å². The van der Waals surface area contributed by atoms with Crippen molar-refractivity contribution in [1.29, 1.82) is 0 Å². The molecular weight excluding hydrogens is 818 g/mol. The molecule has 4 fully saturated rings. The lowest BCUT2D eigenvalue weighted by atomic mass is 9.52. The first-order chi connectivity index (χ1) is 30.4. The Balaban J connectivity index is 0.964. The number of benzene rings is 3. The molecule has 2 unspecified atom stereocenters. The molecule has 2 heterocycles. The molecule has 0 spiro atoms. The lowest BCUT2D eigenvalue weighted by Crippen LogP contribution is -2.48. The fourth-order valence-electron chi connectivity index (χ4n) is 12.1. The summed E-state index contributed by atoms with van der Waals surface area (Å²) in [4.78, 5) is 0. The topological polar surface area (TPSA) is 66.5 Å². The van der Waals surface area contributed by atoms with Crippen LogP contribution in [0.3, 0.4) is 0 Å². The molecule has 0 N–H and O–H groups in total. The fraction of sp³-hybridized carbons (Fsp3) is 0.667. The summed E-state index contributed by atoms with van der Waals surface area (Å²) < 4.78 is 50.2. The Kier molecular flexibility index (Phi) is 15.5. The molecule has 0 bridgehead atoms. The van der Waals surface area contributed by atoms with Gasteiger partial charge in [0.2, 0.25) is 7.29 Å². The van der Waals surface area contributed by atoms with Gasteiger partial charge in [0.15, 0.2) is 20.9 Å². The van der Waals surface area contributed by atoms with Crippen molar-refractivity contribution in [2.75, 3.05) is 32.9 Å². The van der Waals surface area contributed by atoms with Gasteiger partial charge in [-0.3, -0.25) is 4.57 Å². The van der Waals surface area contributed by atoms with Crippen LogP contribution in [-0.4, -0.2) is 64.6 Å². The molecular formula is C54H80NO6PSi. The van der Waals surface area contributed by atoms with Crippen LogP contribution in [0.1, 0.15) is 141 Å². The van der Waals surface area contributed by atoms with E-state index in [-0.39, 0.29) is 29.1 Å². The molecule has 0 amide bonds. The van der Waals surface area contributed by atoms with Crippen LogP contribution in [-0.2, 0) is 29.6 Å². The minimum Gasteiger partial charge on any atom is -0.465 e. The molecule has 63 heavy (non-hydrogen) atoms. The molecule has 3 aromatic rings. The van der Waals surface area contributed by atoms with Crippen molar-refractivity contribution in [1.82, 2.24) is 4.67 Å². The van der Waals surface area contributed by atoms with E-state index in [1.165, 1.54) is 56.9 Å². The van der Waals surface area contributed by atoms with Crippen molar-refractivity contribution in [3.05, 3.63) is 90.0 Å². The number of fused-ring (bicyclic) bond motifs is 5. The molecule has 2 aliphatic heterocycles. The first-order valence-corrected chi connectivity index (χ1v) is 29.7. The van der Waals surface area contributed by atoms with Crippen LogP contribution in [0.15, 0.2) is 78.9 Å². The zero-order chi connectivity index (χ0) is 44.1. The van der Waals surface area contributed by atoms with Crippen molar-refractivity contribution in [3.8, 4) is 5.75 Å². The van der Waals surface area contributed by atoms with E-state index < -0.39 is 15.6 Å². The predicted octanol–water partition coefficient (Wildman–Crippen LogP) is 12.8. The molecule has 0 radical (unpaired) electrons. The number of unbranched alkanes of at least 4 members (excludes halogenated alkanes) is 3. The quantitative estimate of drug-likeness (QED) is 0.0716. The molecule has 2 saturated carbocycles. The minimum absolute atomic E-state index is 0.0265. The van der Waals surface area contributed by atoms with Crippen molar-refractivity contribution in [3.63, 3.8) is 0 Å². The molecule has 2 saturated heterocycles. The summed E-state index contributed by atoms with van der Waals surface area (Å²) in [5.41, 5.74) is 3.28. The van der Waals surface area contributed by atoms with Crippen molar-refractivity contribution < 1.29 is 27.9 Å². The van der Waals surface area contributed by atoms with Crippen molar-refractivity contribution in [2.45, 2.75) is 173 Å². The Labute approximate surface area is 382 Å². The Bertz CT molecular complexity index is 1900. The molecule has 8 atom stereocenters. The van der Waals surface area contributed by atoms with E-state index >= 15 is 4.57 Å². The zero-order valence-electron chi connectivity index (χ0n) is 39.7. The van der Waals surface area contributed by atoms with Crippen LogP contribution < -0.4 is 15.3 Å². The molecule has 9 heteroatoms. The lowest BCUT2D eigenvalue weighted by Gasteiger charge is -2.54. The first kappa shape index (κ1) is 47.2. The van der Waals surface area contributed by atoms with Crippen LogP contribution in [0.25, 0.3) is 0 Å². The smallest absolute Gasteiger partial charge is 0.207 e. The average molecular weight is 898 g/mol. The largest absolute Gasteiger partial charge is 0.465 e. The molecule has 7 nitrogen and oxygen atoms in total. The van der Waals surface area contributed by atoms with Crippen LogP contribution in [0, 0.1) is 23.2 Å². The summed E-state index contributed by atoms with van der Waals surface area (Å²) in [6, 6.07) is 27.4.